The Balaban J connectivity index is 1.86. The van der Waals surface area contributed by atoms with Crippen LogP contribution >= 0.6 is 11.6 Å². The topological polar surface area (TPSA) is 57.8 Å². The van der Waals surface area contributed by atoms with Crippen molar-refractivity contribution in [2.45, 2.75) is 0 Å². The van der Waals surface area contributed by atoms with E-state index in [1.807, 2.05) is 30.5 Å². The molecule has 0 aliphatic carbocycles. The fourth-order valence-electron chi connectivity index (χ4n) is 1.86. The van der Waals surface area contributed by atoms with Crippen molar-refractivity contribution in [3.8, 4) is 0 Å². The third-order valence-corrected chi connectivity index (χ3v) is 2.97. The van der Waals surface area contributed by atoms with Gasteiger partial charge in [-0.15, -0.1) is 0 Å². The number of aromatic amines is 1. The van der Waals surface area contributed by atoms with E-state index in [9.17, 15) is 4.79 Å². The number of hydrogen-bond acceptors (Lipinski definition) is 2. The molecule has 0 bridgehead atoms. The number of hydrogen-bond donors (Lipinski definition) is 2. The molecule has 0 spiro atoms. The summed E-state index contributed by atoms with van der Waals surface area (Å²) in [6, 6.07) is 12.5. The van der Waals surface area contributed by atoms with Gasteiger partial charge in [-0.2, -0.15) is 0 Å². The highest BCUT2D eigenvalue weighted by Gasteiger charge is 2.08. The molecule has 2 aromatic heterocycles. The molecule has 0 atom stereocenters. The molecule has 94 valence electrons. The molecular weight excluding hydrogens is 262 g/mol. The SMILES string of the molecule is O=C(Nc1ccc2[nH]ccc2c1)c1cccc(Cl)n1. The molecule has 2 N–H and O–H groups in total. The number of anilines is 1. The molecule has 1 aromatic carbocycles. The Kier molecular flexibility index (Phi) is 2.93. The zero-order valence-corrected chi connectivity index (χ0v) is 10.6. The minimum Gasteiger partial charge on any atom is -0.361 e. The molecule has 0 unspecified atom stereocenters. The molecular formula is C14H10ClN3O. The van der Waals surface area contributed by atoms with Gasteiger partial charge in [0.15, 0.2) is 0 Å². The van der Waals surface area contributed by atoms with E-state index < -0.39 is 0 Å². The molecule has 4 nitrogen and oxygen atoms in total. The lowest BCUT2D eigenvalue weighted by Crippen LogP contribution is -2.13. The lowest BCUT2D eigenvalue weighted by molar-refractivity contribution is 0.102. The van der Waals surface area contributed by atoms with Crippen molar-refractivity contribution in [1.82, 2.24) is 9.97 Å². The first-order valence-corrected chi connectivity index (χ1v) is 6.11. The van der Waals surface area contributed by atoms with E-state index in [4.69, 9.17) is 11.6 Å². The summed E-state index contributed by atoms with van der Waals surface area (Å²) in [4.78, 5) is 19.1. The summed E-state index contributed by atoms with van der Waals surface area (Å²) < 4.78 is 0. The Labute approximate surface area is 114 Å². The van der Waals surface area contributed by atoms with Gasteiger partial charge in [-0.1, -0.05) is 17.7 Å². The quantitative estimate of drug-likeness (QED) is 0.701. The van der Waals surface area contributed by atoms with Gasteiger partial charge in [-0.05, 0) is 36.4 Å². The number of aromatic nitrogens is 2. The predicted molar refractivity (Wildman–Crippen MR) is 75.5 cm³/mol. The second kappa shape index (κ2) is 4.74. The van der Waals surface area contributed by atoms with E-state index >= 15 is 0 Å². The van der Waals surface area contributed by atoms with Gasteiger partial charge in [0.25, 0.3) is 5.91 Å². The Morgan fingerprint density at radius 3 is 2.95 bits per heavy atom. The number of nitrogens with one attached hydrogen (secondary N) is 2. The average Bonchev–Trinajstić information content (AvgIpc) is 2.86. The standard InChI is InChI=1S/C14H10ClN3O/c15-13-3-1-2-12(18-13)14(19)17-10-4-5-11-9(8-10)6-7-16-11/h1-8,16H,(H,17,19). The third kappa shape index (κ3) is 2.44. The Morgan fingerprint density at radius 2 is 2.11 bits per heavy atom. The fourth-order valence-corrected chi connectivity index (χ4v) is 2.02. The van der Waals surface area contributed by atoms with Crippen LogP contribution in [0, 0.1) is 0 Å². The largest absolute Gasteiger partial charge is 0.361 e. The van der Waals surface area contributed by atoms with E-state index in [2.05, 4.69) is 15.3 Å². The molecule has 0 radical (unpaired) electrons. The molecule has 0 fully saturated rings. The summed E-state index contributed by atoms with van der Waals surface area (Å²) in [6.07, 6.45) is 1.86. The fraction of sp³-hybridized carbons (Fsp3) is 0. The van der Waals surface area contributed by atoms with Crippen LogP contribution in [0.5, 0.6) is 0 Å². The highest BCUT2D eigenvalue weighted by atomic mass is 35.5. The lowest BCUT2D eigenvalue weighted by Gasteiger charge is -2.05. The number of pyridine rings is 1. The first kappa shape index (κ1) is 11.7. The van der Waals surface area contributed by atoms with Crippen LogP contribution in [0.2, 0.25) is 5.15 Å². The van der Waals surface area contributed by atoms with E-state index in [1.165, 1.54) is 0 Å². The maximum absolute atomic E-state index is 12.0. The van der Waals surface area contributed by atoms with Crippen LogP contribution < -0.4 is 5.32 Å². The van der Waals surface area contributed by atoms with E-state index in [-0.39, 0.29) is 5.91 Å². The van der Waals surface area contributed by atoms with Gasteiger partial charge in [0, 0.05) is 22.8 Å². The van der Waals surface area contributed by atoms with Gasteiger partial charge in [-0.3, -0.25) is 4.79 Å². The summed E-state index contributed by atoms with van der Waals surface area (Å²) in [5, 5.41) is 4.13. The Hall–Kier alpha value is -2.33. The third-order valence-electron chi connectivity index (χ3n) is 2.76. The van der Waals surface area contributed by atoms with Crippen molar-refractivity contribution >= 4 is 34.1 Å². The van der Waals surface area contributed by atoms with Crippen molar-refractivity contribution in [1.29, 1.82) is 0 Å². The normalized spacial score (nSPS) is 10.6. The average molecular weight is 272 g/mol. The van der Waals surface area contributed by atoms with Crippen LogP contribution in [0.15, 0.2) is 48.7 Å². The maximum Gasteiger partial charge on any atom is 0.274 e. The molecule has 0 saturated heterocycles. The molecule has 5 heteroatoms. The molecule has 3 rings (SSSR count). The summed E-state index contributed by atoms with van der Waals surface area (Å²) in [5.41, 5.74) is 2.04. The summed E-state index contributed by atoms with van der Waals surface area (Å²) in [5.74, 6) is -0.280. The van der Waals surface area contributed by atoms with Crippen molar-refractivity contribution in [2.24, 2.45) is 0 Å². The zero-order valence-electron chi connectivity index (χ0n) is 9.85. The first-order valence-electron chi connectivity index (χ1n) is 5.73. The Morgan fingerprint density at radius 1 is 1.21 bits per heavy atom. The minimum absolute atomic E-state index is 0.280. The van der Waals surface area contributed by atoms with E-state index in [0.717, 1.165) is 16.6 Å². The molecule has 19 heavy (non-hydrogen) atoms. The van der Waals surface area contributed by atoms with Crippen LogP contribution in [0.3, 0.4) is 0 Å². The summed E-state index contributed by atoms with van der Waals surface area (Å²) in [7, 11) is 0. The number of fused-ring (bicyclic) bond motifs is 1. The van der Waals surface area contributed by atoms with Gasteiger partial charge >= 0.3 is 0 Å². The van der Waals surface area contributed by atoms with Crippen LogP contribution in [-0.2, 0) is 0 Å². The highest BCUT2D eigenvalue weighted by molar-refractivity contribution is 6.29. The summed E-state index contributed by atoms with van der Waals surface area (Å²) in [6.45, 7) is 0. The molecule has 0 aliphatic heterocycles. The molecule has 3 aromatic rings. The monoisotopic (exact) mass is 271 g/mol. The molecule has 0 saturated carbocycles. The number of amides is 1. The second-order valence-corrected chi connectivity index (χ2v) is 4.47. The van der Waals surface area contributed by atoms with Crippen LogP contribution in [0.1, 0.15) is 10.5 Å². The smallest absolute Gasteiger partial charge is 0.274 e. The van der Waals surface area contributed by atoms with Gasteiger partial charge in [-0.25, -0.2) is 4.98 Å². The van der Waals surface area contributed by atoms with Crippen molar-refractivity contribution < 1.29 is 4.79 Å². The number of rotatable bonds is 2. The summed E-state index contributed by atoms with van der Waals surface area (Å²) >= 11 is 5.76. The second-order valence-electron chi connectivity index (χ2n) is 4.08. The van der Waals surface area contributed by atoms with E-state index in [1.54, 1.807) is 18.2 Å². The first-order chi connectivity index (χ1) is 9.22. The van der Waals surface area contributed by atoms with Crippen molar-refractivity contribution in [3.63, 3.8) is 0 Å². The van der Waals surface area contributed by atoms with Crippen LogP contribution in [0.4, 0.5) is 5.69 Å². The maximum atomic E-state index is 12.0. The van der Waals surface area contributed by atoms with Crippen LogP contribution in [-0.4, -0.2) is 15.9 Å². The minimum atomic E-state index is -0.280. The number of carbonyl (C=O) groups excluding carboxylic acids is 1. The number of H-pyrrole nitrogens is 1. The number of halogens is 1. The number of nitrogens with zero attached hydrogens (tertiary/aromatic N) is 1. The zero-order chi connectivity index (χ0) is 13.2. The highest BCUT2D eigenvalue weighted by Crippen LogP contribution is 2.18. The molecule has 2 heterocycles. The van der Waals surface area contributed by atoms with Crippen LogP contribution in [0.25, 0.3) is 10.9 Å². The van der Waals surface area contributed by atoms with Gasteiger partial charge in [0.1, 0.15) is 10.8 Å². The van der Waals surface area contributed by atoms with Gasteiger partial charge < -0.3 is 10.3 Å². The Bertz CT molecular complexity index is 751. The number of benzene rings is 1. The van der Waals surface area contributed by atoms with Crippen molar-refractivity contribution in [3.05, 3.63) is 59.5 Å². The van der Waals surface area contributed by atoms with Gasteiger partial charge in [0.2, 0.25) is 0 Å². The van der Waals surface area contributed by atoms with Gasteiger partial charge in [0.05, 0.1) is 0 Å². The van der Waals surface area contributed by atoms with Crippen molar-refractivity contribution in [2.75, 3.05) is 5.32 Å². The molecule has 0 aliphatic rings. The molecule has 1 amide bonds. The predicted octanol–water partition coefficient (Wildman–Crippen LogP) is 3.47. The number of carbonyl (C=O) groups is 1. The van der Waals surface area contributed by atoms with E-state index in [0.29, 0.717) is 10.8 Å². The lowest BCUT2D eigenvalue weighted by atomic mass is 10.2.